The summed E-state index contributed by atoms with van der Waals surface area (Å²) in [5.41, 5.74) is 1.79. The van der Waals surface area contributed by atoms with Gasteiger partial charge in [0.2, 0.25) is 0 Å². The van der Waals surface area contributed by atoms with E-state index in [4.69, 9.17) is 9.47 Å². The van der Waals surface area contributed by atoms with Crippen LogP contribution in [0, 0.1) is 18.3 Å². The molecule has 14 nitrogen and oxygen atoms in total. The molecule has 47 heavy (non-hydrogen) atoms. The SMILES string of the molecule is COc1cc(S(=O)(=O)CCN(CC(C)O)CC(C)O)c(OC)cc1/N=N/c1c(Nc2ccccc2)nc(NCC(C)O)c(C#N)c1C. The van der Waals surface area contributed by atoms with Crippen molar-refractivity contribution in [3.8, 4) is 17.6 Å². The molecular formula is C32H43N7O7S. The number of hydrogen-bond acceptors (Lipinski definition) is 14. The maximum absolute atomic E-state index is 13.5. The van der Waals surface area contributed by atoms with Gasteiger partial charge in [0, 0.05) is 49.6 Å². The smallest absolute Gasteiger partial charge is 0.183 e. The number of azo groups is 1. The van der Waals surface area contributed by atoms with Crippen molar-refractivity contribution in [3.63, 3.8) is 0 Å². The van der Waals surface area contributed by atoms with E-state index < -0.39 is 28.1 Å². The monoisotopic (exact) mass is 669 g/mol. The number of nitriles is 1. The Hall–Kier alpha value is -4.33. The van der Waals surface area contributed by atoms with E-state index in [0.29, 0.717) is 11.3 Å². The van der Waals surface area contributed by atoms with Crippen molar-refractivity contribution in [2.75, 3.05) is 56.8 Å². The van der Waals surface area contributed by atoms with Gasteiger partial charge >= 0.3 is 0 Å². The lowest BCUT2D eigenvalue weighted by Gasteiger charge is -2.25. The molecule has 254 valence electrons. The molecule has 0 saturated heterocycles. The van der Waals surface area contributed by atoms with Crippen LogP contribution in [0.4, 0.5) is 28.7 Å². The maximum Gasteiger partial charge on any atom is 0.183 e. The third kappa shape index (κ3) is 10.3. The molecule has 0 saturated carbocycles. The number of nitrogens with zero attached hydrogens (tertiary/aromatic N) is 5. The van der Waals surface area contributed by atoms with Crippen LogP contribution in [-0.4, -0.2) is 98.1 Å². The average molecular weight is 670 g/mol. The predicted molar refractivity (Wildman–Crippen MR) is 179 cm³/mol. The Labute approximate surface area is 275 Å². The zero-order chi connectivity index (χ0) is 34.7. The molecule has 5 N–H and O–H groups in total. The second-order valence-corrected chi connectivity index (χ2v) is 13.2. The quantitative estimate of drug-likeness (QED) is 0.129. The van der Waals surface area contributed by atoms with Crippen molar-refractivity contribution in [3.05, 3.63) is 53.6 Å². The van der Waals surface area contributed by atoms with E-state index >= 15 is 0 Å². The summed E-state index contributed by atoms with van der Waals surface area (Å²) in [4.78, 5) is 6.16. The molecule has 0 aliphatic rings. The van der Waals surface area contributed by atoms with E-state index in [1.807, 2.05) is 30.3 Å². The number of aromatic nitrogens is 1. The average Bonchev–Trinajstić information content (AvgIpc) is 3.02. The summed E-state index contributed by atoms with van der Waals surface area (Å²) in [7, 11) is -1.22. The number of rotatable bonds is 17. The lowest BCUT2D eigenvalue weighted by Crippen LogP contribution is -2.39. The molecule has 0 spiro atoms. The summed E-state index contributed by atoms with van der Waals surface area (Å²) in [5.74, 6) is 0.367. The first-order valence-electron chi connectivity index (χ1n) is 15.0. The number of para-hydroxylation sites is 1. The molecule has 3 rings (SSSR count). The van der Waals surface area contributed by atoms with Crippen molar-refractivity contribution in [2.45, 2.75) is 50.9 Å². The van der Waals surface area contributed by atoms with Crippen LogP contribution in [0.1, 0.15) is 31.9 Å². The molecule has 0 radical (unpaired) electrons. The van der Waals surface area contributed by atoms with Crippen LogP contribution < -0.4 is 20.1 Å². The van der Waals surface area contributed by atoms with Crippen LogP contribution >= 0.6 is 0 Å². The van der Waals surface area contributed by atoms with E-state index in [0.717, 1.165) is 0 Å². The number of ether oxygens (including phenoxy) is 2. The van der Waals surface area contributed by atoms with Crippen LogP contribution in [0.15, 0.2) is 57.6 Å². The van der Waals surface area contributed by atoms with Gasteiger partial charge in [0.15, 0.2) is 15.7 Å². The minimum atomic E-state index is -3.92. The molecule has 3 aromatic rings. The minimum Gasteiger partial charge on any atom is -0.495 e. The van der Waals surface area contributed by atoms with Gasteiger partial charge in [-0.2, -0.15) is 5.26 Å². The highest BCUT2D eigenvalue weighted by Crippen LogP contribution is 2.41. The fraction of sp³-hybridized carbons (Fsp3) is 0.438. The number of sulfone groups is 1. The molecule has 1 aromatic heterocycles. The van der Waals surface area contributed by atoms with E-state index in [1.165, 1.54) is 26.4 Å². The first-order chi connectivity index (χ1) is 22.3. The van der Waals surface area contributed by atoms with E-state index in [2.05, 4.69) is 31.9 Å². The van der Waals surface area contributed by atoms with Crippen molar-refractivity contribution in [2.24, 2.45) is 10.2 Å². The zero-order valence-corrected chi connectivity index (χ0v) is 28.2. The van der Waals surface area contributed by atoms with E-state index in [1.54, 1.807) is 32.6 Å². The highest BCUT2D eigenvalue weighted by atomic mass is 32.2. The number of aliphatic hydroxyl groups excluding tert-OH is 3. The molecule has 0 aliphatic heterocycles. The van der Waals surface area contributed by atoms with Crippen molar-refractivity contribution in [1.29, 1.82) is 5.26 Å². The predicted octanol–water partition coefficient (Wildman–Crippen LogP) is 4.07. The Kier molecular flexibility index (Phi) is 13.4. The van der Waals surface area contributed by atoms with Crippen LogP contribution in [0.3, 0.4) is 0 Å². The number of aliphatic hydroxyl groups is 3. The van der Waals surface area contributed by atoms with Gasteiger partial charge in [0.05, 0.1) is 43.8 Å². The van der Waals surface area contributed by atoms with Crippen molar-refractivity contribution >= 4 is 38.5 Å². The summed E-state index contributed by atoms with van der Waals surface area (Å²) in [5, 5.41) is 54.4. The standard InChI is InChI=1S/C32H43N7O7S/c1-20(40)17-34-31-25(16-33)23(4)30(32(36-31)35-24-10-8-7-9-11-24)38-37-26-14-28(46-6)29(15-27(26)45-5)47(43,44)13-12-39(18-21(2)41)19-22(3)42/h7-11,14-15,20-22,40-42H,12-13,17-19H2,1-6H3,(H2,34,35,36)/b38-37+. The van der Waals surface area contributed by atoms with Crippen LogP contribution in [0.5, 0.6) is 11.5 Å². The Morgan fingerprint density at radius 1 is 0.957 bits per heavy atom. The zero-order valence-electron chi connectivity index (χ0n) is 27.4. The summed E-state index contributed by atoms with van der Waals surface area (Å²) in [6, 6.07) is 14.1. The molecule has 3 atom stereocenters. The Morgan fingerprint density at radius 3 is 2.15 bits per heavy atom. The summed E-state index contributed by atoms with van der Waals surface area (Å²) >= 11 is 0. The molecule has 0 bridgehead atoms. The molecular weight excluding hydrogens is 626 g/mol. The molecule has 3 unspecified atom stereocenters. The second kappa shape index (κ2) is 17.0. The largest absolute Gasteiger partial charge is 0.495 e. The number of anilines is 3. The highest BCUT2D eigenvalue weighted by Gasteiger charge is 2.25. The molecule has 15 heteroatoms. The molecule has 1 heterocycles. The fourth-order valence-electron chi connectivity index (χ4n) is 4.71. The van der Waals surface area contributed by atoms with Gasteiger partial charge in [0.1, 0.15) is 39.7 Å². The van der Waals surface area contributed by atoms with Crippen molar-refractivity contribution in [1.82, 2.24) is 9.88 Å². The Morgan fingerprint density at radius 2 is 1.60 bits per heavy atom. The third-order valence-corrected chi connectivity index (χ3v) is 8.62. The number of benzene rings is 2. The first kappa shape index (κ1) is 37.1. The number of hydrogen-bond donors (Lipinski definition) is 5. The Bertz CT molecular complexity index is 1670. The van der Waals surface area contributed by atoms with Gasteiger partial charge < -0.3 is 35.4 Å². The number of methoxy groups -OCH3 is 2. The molecule has 0 amide bonds. The third-order valence-electron chi connectivity index (χ3n) is 6.91. The molecule has 0 fully saturated rings. The topological polar surface area (TPSA) is 202 Å². The van der Waals surface area contributed by atoms with Gasteiger partial charge in [-0.15, -0.1) is 10.2 Å². The van der Waals surface area contributed by atoms with Gasteiger partial charge in [-0.05, 0) is 39.8 Å². The van der Waals surface area contributed by atoms with Crippen molar-refractivity contribution < 1.29 is 33.2 Å². The second-order valence-electron chi connectivity index (χ2n) is 11.1. The molecule has 2 aromatic carbocycles. The normalized spacial score (nSPS) is 13.6. The van der Waals surface area contributed by atoms with E-state index in [-0.39, 0.29) is 76.9 Å². The van der Waals surface area contributed by atoms with E-state index in [9.17, 15) is 29.0 Å². The fourth-order valence-corrected chi connectivity index (χ4v) is 6.17. The number of pyridine rings is 1. The highest BCUT2D eigenvalue weighted by molar-refractivity contribution is 7.91. The minimum absolute atomic E-state index is 0.0187. The summed E-state index contributed by atoms with van der Waals surface area (Å²) < 4.78 is 38.0. The summed E-state index contributed by atoms with van der Waals surface area (Å²) in [6.45, 7) is 7.11. The molecule has 0 aliphatic carbocycles. The van der Waals surface area contributed by atoms with Crippen LogP contribution in [0.25, 0.3) is 0 Å². The van der Waals surface area contributed by atoms with Gasteiger partial charge in [-0.1, -0.05) is 18.2 Å². The van der Waals surface area contributed by atoms with Gasteiger partial charge in [-0.3, -0.25) is 4.90 Å². The maximum atomic E-state index is 13.5. The number of nitrogens with one attached hydrogen (secondary N) is 2. The first-order valence-corrected chi connectivity index (χ1v) is 16.6. The van der Waals surface area contributed by atoms with Gasteiger partial charge in [0.25, 0.3) is 0 Å². The van der Waals surface area contributed by atoms with Crippen LogP contribution in [0.2, 0.25) is 0 Å². The lowest BCUT2D eigenvalue weighted by atomic mass is 10.1. The Balaban J connectivity index is 2.06. The van der Waals surface area contributed by atoms with Gasteiger partial charge in [-0.25, -0.2) is 13.4 Å². The summed E-state index contributed by atoms with van der Waals surface area (Å²) in [6.07, 6.45) is -2.10. The van der Waals surface area contributed by atoms with Crippen LogP contribution in [-0.2, 0) is 9.84 Å². The lowest BCUT2D eigenvalue weighted by molar-refractivity contribution is 0.0873.